The second kappa shape index (κ2) is 55.1. The van der Waals surface area contributed by atoms with Gasteiger partial charge in [-0.3, -0.25) is 43.2 Å². The predicted octanol–water partition coefficient (Wildman–Crippen LogP) is 30.3. The lowest BCUT2D eigenvalue weighted by atomic mass is 9.98. The molecule has 17 heteroatoms. The SMILES string of the molecule is C.C.C.C.C.C.COc1ccc(C(=O)c2ccc(C(=O)c3ccc(C)cc3)cc2)cc1.COc1ccc(C(=O)c2ccc(C)cc2)cc1.COc1ccc(C(=O)c2ccc(Oc3ccc(C(=O)c4ccc(C(=O)c5ccc(C)cc5)cc4)cc3)cc2)cc1.COc1ccc(Oc2ccc(C(=O)c3ccc(C(=O)c4ccc(C)cc4)cc3)cc2)cc1.COc1ccc(Oc2ccc(C(=O)c3ccc(C)cc3)cc2)cc1. The molecule has 0 aliphatic carbocycles. The van der Waals surface area contributed by atoms with Crippen molar-refractivity contribution in [1.82, 2.24) is 0 Å². The topological polar surface area (TPSA) is 227 Å². The molecule has 0 amide bonds. The molecule has 17 rings (SSSR count). The summed E-state index contributed by atoms with van der Waals surface area (Å²) in [5.74, 6) is 6.91. The lowest BCUT2D eigenvalue weighted by Crippen LogP contribution is -2.04. The molecule has 0 fully saturated rings. The minimum atomic E-state index is -0.151. The van der Waals surface area contributed by atoms with Crippen LogP contribution in [0.5, 0.6) is 63.2 Å². The predicted molar refractivity (Wildman–Crippen MR) is 577 cm³/mol. The maximum Gasteiger partial charge on any atom is 0.193 e. The number of methoxy groups -OCH3 is 5. The zero-order valence-electron chi connectivity index (χ0n) is 77.7. The van der Waals surface area contributed by atoms with Crippen LogP contribution in [0.15, 0.2) is 413 Å². The van der Waals surface area contributed by atoms with Crippen molar-refractivity contribution in [3.8, 4) is 63.2 Å². The molecule has 17 nitrogen and oxygen atoms in total. The van der Waals surface area contributed by atoms with E-state index < -0.39 is 0 Å². The first-order valence-electron chi connectivity index (χ1n) is 44.1. The maximum absolute atomic E-state index is 13.0. The van der Waals surface area contributed by atoms with E-state index in [4.69, 9.17) is 37.9 Å². The van der Waals surface area contributed by atoms with Crippen molar-refractivity contribution >= 4 is 52.0 Å². The van der Waals surface area contributed by atoms with E-state index in [1.165, 1.54) is 0 Å². The van der Waals surface area contributed by atoms with E-state index >= 15 is 0 Å². The van der Waals surface area contributed by atoms with Crippen molar-refractivity contribution in [2.45, 2.75) is 79.2 Å². The molecule has 0 atom stereocenters. The van der Waals surface area contributed by atoms with Gasteiger partial charge >= 0.3 is 0 Å². The highest BCUT2D eigenvalue weighted by molar-refractivity contribution is 6.15. The molecule has 0 bridgehead atoms. The van der Waals surface area contributed by atoms with Gasteiger partial charge in [0.2, 0.25) is 0 Å². The van der Waals surface area contributed by atoms with Gasteiger partial charge in [-0.1, -0.05) is 267 Å². The summed E-state index contributed by atoms with van der Waals surface area (Å²) in [4.78, 5) is 113. The minimum absolute atomic E-state index is 0. The summed E-state index contributed by atoms with van der Waals surface area (Å²) in [5.41, 5.74) is 16.1. The fourth-order valence-corrected chi connectivity index (χ4v) is 14.0. The fourth-order valence-electron chi connectivity index (χ4n) is 14.0. The zero-order valence-corrected chi connectivity index (χ0v) is 77.7. The monoisotopic (exact) mass is 1920 g/mol. The Morgan fingerprint density at radius 1 is 0.118 bits per heavy atom. The average molecular weight is 1920 g/mol. The molecule has 0 aliphatic rings. The van der Waals surface area contributed by atoms with Crippen LogP contribution < -0.4 is 37.9 Å². The van der Waals surface area contributed by atoms with Crippen molar-refractivity contribution < 1.29 is 81.0 Å². The number of hydrogen-bond donors (Lipinski definition) is 0. The molecular weight excluding hydrogens is 1800 g/mol. The van der Waals surface area contributed by atoms with Crippen molar-refractivity contribution in [3.63, 3.8) is 0 Å². The number of hydrogen-bond acceptors (Lipinski definition) is 17. The third-order valence-electron chi connectivity index (χ3n) is 22.1. The molecule has 0 aliphatic heterocycles. The first-order chi connectivity index (χ1) is 66.9. The lowest BCUT2D eigenvalue weighted by Gasteiger charge is -2.08. The Morgan fingerprint density at radius 3 is 0.285 bits per heavy atom. The van der Waals surface area contributed by atoms with E-state index in [9.17, 15) is 43.2 Å². The standard InChI is InChI=1S/C35H26O5.C28H22O4.C22H18O3.C21H18O3.C15H14O2.6CH4/c1-23-3-5-24(6-4-23)33(36)25-7-9-26(10-8-25)34(37)28-13-19-31(20-14-28)40-32-21-15-29(16-22-32)35(38)27-11-17-30(39-2)18-12-27;1-19-3-5-20(6-4-19)27(29)21-7-9-22(10-8-21)28(30)23-11-13-25(14-12-23)32-26-17-15-24(31-2)16-18-26;1-15-3-5-16(6-4-15)21(23)17-7-9-18(10-8-17)22(24)19-11-13-20(25-2)14-12-19;1-15-3-5-16(6-4-15)21(22)17-7-9-19(10-8-17)24-20-13-11-18(23-2)12-14-20;1-11-3-5-12(6-4-11)15(16)13-7-9-14(17-2)10-8-13;;;;;;/h3-22H,1-2H3;3-18H,1-2H3;3-14H,1-2H3;3-14H,1-2H3;3-10H,1-2H3;6*1H4. The number of carbonyl (C=O) groups is 9. The van der Waals surface area contributed by atoms with Gasteiger partial charge in [-0.2, -0.15) is 0 Å². The van der Waals surface area contributed by atoms with Crippen molar-refractivity contribution in [1.29, 1.82) is 0 Å². The van der Waals surface area contributed by atoms with Gasteiger partial charge in [0.05, 0.1) is 35.5 Å². The number of rotatable bonds is 29. The summed E-state index contributed by atoms with van der Waals surface area (Å²) in [5, 5.41) is 0. The Balaban J connectivity index is 0.000000248. The molecule has 17 aromatic carbocycles. The van der Waals surface area contributed by atoms with E-state index in [-0.39, 0.29) is 96.6 Å². The Bertz CT molecular complexity index is 7030. The first-order valence-corrected chi connectivity index (χ1v) is 44.1. The molecule has 144 heavy (non-hydrogen) atoms. The Morgan fingerprint density at radius 2 is 0.188 bits per heavy atom. The first kappa shape index (κ1) is 113. The van der Waals surface area contributed by atoms with E-state index in [2.05, 4.69) is 0 Å². The maximum atomic E-state index is 13.0. The number of ketones is 9. The second-order valence-corrected chi connectivity index (χ2v) is 32.0. The summed E-state index contributed by atoms with van der Waals surface area (Å²) in [7, 11) is 8.01. The normalized spacial score (nSPS) is 9.93. The van der Waals surface area contributed by atoms with Crippen molar-refractivity contribution in [2.75, 3.05) is 35.5 Å². The summed E-state index contributed by atoms with van der Waals surface area (Å²) >= 11 is 0. The van der Waals surface area contributed by atoms with Crippen LogP contribution >= 0.6 is 0 Å². The number of aryl methyl sites for hydroxylation is 5. The molecule has 0 unspecified atom stereocenters. The minimum Gasteiger partial charge on any atom is -0.497 e. The van der Waals surface area contributed by atoms with Crippen LogP contribution in [0.2, 0.25) is 0 Å². The molecular formula is C127H122O17. The summed E-state index contributed by atoms with van der Waals surface area (Å²) in [6, 6.07) is 121. The second-order valence-electron chi connectivity index (χ2n) is 32.0. The highest BCUT2D eigenvalue weighted by Gasteiger charge is 2.20. The van der Waals surface area contributed by atoms with Gasteiger partial charge in [-0.05, 0) is 253 Å². The lowest BCUT2D eigenvalue weighted by molar-refractivity contribution is 0.102. The van der Waals surface area contributed by atoms with Gasteiger partial charge in [0.25, 0.3) is 0 Å². The van der Waals surface area contributed by atoms with Crippen LogP contribution in [0.1, 0.15) is 216 Å². The number of ether oxygens (including phenoxy) is 8. The van der Waals surface area contributed by atoms with Crippen LogP contribution in [0.4, 0.5) is 0 Å². The van der Waals surface area contributed by atoms with Crippen molar-refractivity contribution in [2.24, 2.45) is 0 Å². The molecule has 0 saturated heterocycles. The Kier molecular flexibility index (Phi) is 43.3. The Labute approximate surface area is 846 Å². The van der Waals surface area contributed by atoms with Crippen LogP contribution in [-0.2, 0) is 0 Å². The van der Waals surface area contributed by atoms with Gasteiger partial charge in [-0.15, -0.1) is 0 Å². The average Bonchev–Trinajstić information content (AvgIpc) is 0.827. The summed E-state index contributed by atoms with van der Waals surface area (Å²) in [6.45, 7) is 9.93. The van der Waals surface area contributed by atoms with Crippen LogP contribution in [-0.4, -0.2) is 87.6 Å². The highest BCUT2D eigenvalue weighted by atomic mass is 16.5. The van der Waals surface area contributed by atoms with E-state index in [0.29, 0.717) is 146 Å². The fraction of sp³-hybridized carbons (Fsp3) is 0.126. The number of benzene rings is 17. The molecule has 0 radical (unpaired) electrons. The highest BCUT2D eigenvalue weighted by Crippen LogP contribution is 2.31. The van der Waals surface area contributed by atoms with Crippen LogP contribution in [0.25, 0.3) is 0 Å². The smallest absolute Gasteiger partial charge is 0.193 e. The summed E-state index contributed by atoms with van der Waals surface area (Å²) < 4.78 is 43.0. The molecule has 0 aromatic heterocycles. The molecule has 732 valence electrons. The molecule has 0 saturated carbocycles. The van der Waals surface area contributed by atoms with Gasteiger partial charge in [0, 0.05) is 100 Å². The zero-order chi connectivity index (χ0) is 97.6. The van der Waals surface area contributed by atoms with E-state index in [1.54, 1.807) is 290 Å². The molecule has 17 aromatic rings. The molecule has 0 spiro atoms. The Hall–Kier alpha value is -17.8. The largest absolute Gasteiger partial charge is 0.497 e. The molecule has 0 N–H and O–H groups in total. The van der Waals surface area contributed by atoms with Crippen LogP contribution in [0, 0.1) is 34.6 Å². The van der Waals surface area contributed by atoms with Gasteiger partial charge in [-0.25, -0.2) is 0 Å². The van der Waals surface area contributed by atoms with Gasteiger partial charge < -0.3 is 37.9 Å². The van der Waals surface area contributed by atoms with Gasteiger partial charge in [0.15, 0.2) is 52.0 Å². The summed E-state index contributed by atoms with van der Waals surface area (Å²) in [6.07, 6.45) is 0. The quantitative estimate of drug-likeness (QED) is 0.0397. The van der Waals surface area contributed by atoms with E-state index in [1.807, 2.05) is 192 Å². The van der Waals surface area contributed by atoms with Gasteiger partial charge in [0.1, 0.15) is 63.2 Å². The van der Waals surface area contributed by atoms with Crippen LogP contribution in [0.3, 0.4) is 0 Å². The number of carbonyl (C=O) groups excluding carboxylic acids is 9. The van der Waals surface area contributed by atoms with E-state index in [0.717, 1.165) is 45.1 Å². The van der Waals surface area contributed by atoms with Crippen molar-refractivity contribution in [3.05, 3.63) is 540 Å². The molecule has 0 heterocycles. The third-order valence-corrected chi connectivity index (χ3v) is 22.1. The third kappa shape index (κ3) is 31.1.